The average molecular weight is 398 g/mol. The predicted octanol–water partition coefficient (Wildman–Crippen LogP) is 3.20. The van der Waals surface area contributed by atoms with Crippen molar-refractivity contribution in [2.24, 2.45) is 7.05 Å². The Hall–Kier alpha value is -1.48. The largest absolute Gasteiger partial charge is 0.296 e. The molecule has 0 aliphatic carbocycles. The van der Waals surface area contributed by atoms with Gasteiger partial charge in [0.25, 0.3) is 5.91 Å². The van der Waals surface area contributed by atoms with Crippen LogP contribution in [0, 0.1) is 10.5 Å². The molecule has 20 heavy (non-hydrogen) atoms. The lowest BCUT2D eigenvalue weighted by Crippen LogP contribution is -2.17. The number of rotatable bonds is 2. The maximum atomic E-state index is 12.3. The van der Waals surface area contributed by atoms with E-state index in [1.54, 1.807) is 17.9 Å². The summed E-state index contributed by atoms with van der Waals surface area (Å²) in [5.74, 6) is -0.190. The highest BCUT2D eigenvalue weighted by atomic mass is 127. The van der Waals surface area contributed by atoms with E-state index in [2.05, 4.69) is 44.1 Å². The first-order valence-electron chi connectivity index (χ1n) is 5.90. The van der Waals surface area contributed by atoms with Crippen LogP contribution in [-0.2, 0) is 7.05 Å². The molecule has 0 radical (unpaired) electrons. The Kier molecular flexibility index (Phi) is 3.47. The lowest BCUT2D eigenvalue weighted by atomic mass is 10.2. The summed E-state index contributed by atoms with van der Waals surface area (Å²) in [6.07, 6.45) is 1.66. The van der Waals surface area contributed by atoms with Gasteiger partial charge in [0.05, 0.1) is 20.0 Å². The molecular formula is C13H11IN4OS. The topological polar surface area (TPSA) is 59.8 Å². The van der Waals surface area contributed by atoms with Crippen LogP contribution in [0.5, 0.6) is 0 Å². The highest BCUT2D eigenvalue weighted by Gasteiger charge is 2.16. The Morgan fingerprint density at radius 1 is 1.45 bits per heavy atom. The maximum Gasteiger partial charge on any atom is 0.276 e. The quantitative estimate of drug-likeness (QED) is 0.675. The summed E-state index contributed by atoms with van der Waals surface area (Å²) >= 11 is 3.57. The van der Waals surface area contributed by atoms with Crippen molar-refractivity contribution in [2.45, 2.75) is 6.92 Å². The van der Waals surface area contributed by atoms with Gasteiger partial charge in [-0.2, -0.15) is 5.10 Å². The summed E-state index contributed by atoms with van der Waals surface area (Å²) in [5.41, 5.74) is 2.62. The van der Waals surface area contributed by atoms with E-state index < -0.39 is 0 Å². The van der Waals surface area contributed by atoms with Gasteiger partial charge in [-0.25, -0.2) is 4.98 Å². The van der Waals surface area contributed by atoms with Gasteiger partial charge < -0.3 is 0 Å². The number of hydrogen-bond donors (Lipinski definition) is 1. The lowest BCUT2D eigenvalue weighted by Gasteiger charge is -2.02. The summed E-state index contributed by atoms with van der Waals surface area (Å²) in [4.78, 5) is 16.7. The molecule has 5 nitrogen and oxygen atoms in total. The molecule has 2 heterocycles. The fourth-order valence-electron chi connectivity index (χ4n) is 1.91. The first-order chi connectivity index (χ1) is 9.54. The van der Waals surface area contributed by atoms with Gasteiger partial charge in [0.2, 0.25) is 0 Å². The van der Waals surface area contributed by atoms with Crippen molar-refractivity contribution in [3.8, 4) is 0 Å². The molecule has 1 amide bonds. The van der Waals surface area contributed by atoms with E-state index in [0.717, 1.165) is 13.8 Å². The van der Waals surface area contributed by atoms with E-state index in [1.165, 1.54) is 16.9 Å². The standard InChI is InChI=1S/C13H11IN4OS/c1-7-3-4-9-10(5-7)20-13(16-9)17-12(19)11-8(14)6-15-18(11)2/h3-6H,1-2H3,(H,16,17,19). The van der Waals surface area contributed by atoms with E-state index in [9.17, 15) is 4.79 Å². The number of nitrogens with zero attached hydrogens (tertiary/aromatic N) is 3. The third-order valence-corrected chi connectivity index (χ3v) is 4.60. The third kappa shape index (κ3) is 2.42. The van der Waals surface area contributed by atoms with Crippen molar-refractivity contribution < 1.29 is 4.79 Å². The summed E-state index contributed by atoms with van der Waals surface area (Å²) < 4.78 is 3.45. The molecule has 0 saturated carbocycles. The molecular weight excluding hydrogens is 387 g/mol. The number of fused-ring (bicyclic) bond motifs is 1. The fourth-order valence-corrected chi connectivity index (χ4v) is 3.59. The molecule has 1 aromatic carbocycles. The Morgan fingerprint density at radius 2 is 2.25 bits per heavy atom. The number of anilines is 1. The molecule has 0 aliphatic rings. The summed E-state index contributed by atoms with van der Waals surface area (Å²) in [5, 5.41) is 7.51. The first kappa shape index (κ1) is 13.5. The van der Waals surface area contributed by atoms with Crippen LogP contribution in [0.1, 0.15) is 16.1 Å². The van der Waals surface area contributed by atoms with Crippen molar-refractivity contribution in [1.82, 2.24) is 14.8 Å². The number of carbonyl (C=O) groups excluding carboxylic acids is 1. The van der Waals surface area contributed by atoms with Gasteiger partial charge in [-0.3, -0.25) is 14.8 Å². The number of amides is 1. The predicted molar refractivity (Wildman–Crippen MR) is 88.2 cm³/mol. The maximum absolute atomic E-state index is 12.3. The molecule has 0 unspecified atom stereocenters. The van der Waals surface area contributed by atoms with Gasteiger partial charge in [0.15, 0.2) is 5.13 Å². The number of nitrogens with one attached hydrogen (secondary N) is 1. The molecule has 7 heteroatoms. The van der Waals surface area contributed by atoms with Crippen LogP contribution in [0.25, 0.3) is 10.2 Å². The van der Waals surface area contributed by atoms with E-state index >= 15 is 0 Å². The van der Waals surface area contributed by atoms with Gasteiger partial charge in [-0.15, -0.1) is 0 Å². The van der Waals surface area contributed by atoms with Crippen molar-refractivity contribution in [1.29, 1.82) is 0 Å². The molecule has 0 fully saturated rings. The molecule has 102 valence electrons. The van der Waals surface area contributed by atoms with Crippen LogP contribution >= 0.6 is 33.9 Å². The summed E-state index contributed by atoms with van der Waals surface area (Å²) in [7, 11) is 1.75. The van der Waals surface area contributed by atoms with E-state index in [0.29, 0.717) is 10.8 Å². The molecule has 3 aromatic rings. The number of halogens is 1. The molecule has 0 spiro atoms. The van der Waals surface area contributed by atoms with Crippen molar-refractivity contribution in [3.63, 3.8) is 0 Å². The van der Waals surface area contributed by atoms with Crippen LogP contribution < -0.4 is 5.32 Å². The van der Waals surface area contributed by atoms with Crippen molar-refractivity contribution in [2.75, 3.05) is 5.32 Å². The smallest absolute Gasteiger partial charge is 0.276 e. The van der Waals surface area contributed by atoms with Crippen LogP contribution in [0.2, 0.25) is 0 Å². The van der Waals surface area contributed by atoms with Gasteiger partial charge in [0, 0.05) is 7.05 Å². The summed E-state index contributed by atoms with van der Waals surface area (Å²) in [6, 6.07) is 6.04. The zero-order valence-corrected chi connectivity index (χ0v) is 13.8. The van der Waals surface area contributed by atoms with E-state index in [1.807, 2.05) is 19.1 Å². The second-order valence-electron chi connectivity index (χ2n) is 4.41. The Bertz CT molecular complexity index is 788. The Balaban J connectivity index is 1.91. The first-order valence-corrected chi connectivity index (χ1v) is 7.80. The second-order valence-corrected chi connectivity index (χ2v) is 6.60. The zero-order valence-electron chi connectivity index (χ0n) is 10.8. The van der Waals surface area contributed by atoms with Gasteiger partial charge >= 0.3 is 0 Å². The number of benzene rings is 1. The monoisotopic (exact) mass is 398 g/mol. The summed E-state index contributed by atoms with van der Waals surface area (Å²) in [6.45, 7) is 2.04. The fraction of sp³-hybridized carbons (Fsp3) is 0.154. The molecule has 1 N–H and O–H groups in total. The van der Waals surface area contributed by atoms with Gasteiger partial charge in [0.1, 0.15) is 5.69 Å². The van der Waals surface area contributed by atoms with Crippen LogP contribution in [0.3, 0.4) is 0 Å². The Labute approximate surface area is 133 Å². The second kappa shape index (κ2) is 5.13. The number of carbonyl (C=O) groups is 1. The van der Waals surface area contributed by atoms with Crippen LogP contribution in [-0.4, -0.2) is 20.7 Å². The SMILES string of the molecule is Cc1ccc2nc(NC(=O)c3c(I)cnn3C)sc2c1. The highest BCUT2D eigenvalue weighted by Crippen LogP contribution is 2.27. The lowest BCUT2D eigenvalue weighted by molar-refractivity contribution is 0.101. The normalized spacial score (nSPS) is 10.9. The molecule has 0 atom stereocenters. The van der Waals surface area contributed by atoms with Gasteiger partial charge in [-0.05, 0) is 47.2 Å². The minimum absolute atomic E-state index is 0.190. The minimum atomic E-state index is -0.190. The molecule has 3 rings (SSSR count). The van der Waals surface area contributed by atoms with E-state index in [-0.39, 0.29) is 5.91 Å². The average Bonchev–Trinajstić information content (AvgIpc) is 2.92. The van der Waals surface area contributed by atoms with Gasteiger partial charge in [-0.1, -0.05) is 17.4 Å². The van der Waals surface area contributed by atoms with Crippen LogP contribution in [0.4, 0.5) is 5.13 Å². The van der Waals surface area contributed by atoms with Crippen molar-refractivity contribution in [3.05, 3.63) is 39.2 Å². The molecule has 0 aliphatic heterocycles. The molecule has 0 bridgehead atoms. The number of aromatic nitrogens is 3. The van der Waals surface area contributed by atoms with Crippen molar-refractivity contribution >= 4 is 55.2 Å². The number of aryl methyl sites for hydroxylation is 2. The minimum Gasteiger partial charge on any atom is -0.296 e. The number of thiazole rings is 1. The number of hydrogen-bond acceptors (Lipinski definition) is 4. The highest BCUT2D eigenvalue weighted by molar-refractivity contribution is 14.1. The molecule has 2 aromatic heterocycles. The molecule has 0 saturated heterocycles. The third-order valence-electron chi connectivity index (χ3n) is 2.87. The van der Waals surface area contributed by atoms with Crippen LogP contribution in [0.15, 0.2) is 24.4 Å². The Morgan fingerprint density at radius 3 is 2.95 bits per heavy atom. The van der Waals surface area contributed by atoms with E-state index in [4.69, 9.17) is 0 Å². The zero-order chi connectivity index (χ0) is 14.3.